The number of carbonyl (C=O) groups is 1. The molecular formula is C25H26N2O2. The molecule has 0 aromatic heterocycles. The molecule has 0 bridgehead atoms. The number of hydrogen-bond acceptors (Lipinski definition) is 4. The molecule has 3 aromatic carbocycles. The number of ketones is 1. The number of benzene rings is 3. The van der Waals surface area contributed by atoms with E-state index in [1.165, 1.54) is 5.69 Å². The van der Waals surface area contributed by atoms with E-state index in [4.69, 9.17) is 4.74 Å². The van der Waals surface area contributed by atoms with Crippen molar-refractivity contribution < 1.29 is 9.53 Å². The Morgan fingerprint density at radius 2 is 1.48 bits per heavy atom. The van der Waals surface area contributed by atoms with E-state index in [1.54, 1.807) is 0 Å². The van der Waals surface area contributed by atoms with Gasteiger partial charge in [0.05, 0.1) is 6.54 Å². The van der Waals surface area contributed by atoms with Crippen molar-refractivity contribution >= 4 is 11.5 Å². The molecule has 4 rings (SSSR count). The second-order valence-corrected chi connectivity index (χ2v) is 7.32. The van der Waals surface area contributed by atoms with Gasteiger partial charge in [0.15, 0.2) is 5.78 Å². The fourth-order valence-corrected chi connectivity index (χ4v) is 3.60. The molecule has 0 amide bonds. The Bertz CT molecular complexity index is 920. The highest BCUT2D eigenvalue weighted by Crippen LogP contribution is 2.18. The highest BCUT2D eigenvalue weighted by molar-refractivity contribution is 5.98. The Morgan fingerprint density at radius 3 is 2.21 bits per heavy atom. The van der Waals surface area contributed by atoms with Crippen LogP contribution in [0.1, 0.15) is 15.9 Å². The Kier molecular flexibility index (Phi) is 6.22. The van der Waals surface area contributed by atoms with Crippen molar-refractivity contribution in [3.63, 3.8) is 0 Å². The van der Waals surface area contributed by atoms with Crippen molar-refractivity contribution in [2.75, 3.05) is 37.6 Å². The predicted molar refractivity (Wildman–Crippen MR) is 117 cm³/mol. The van der Waals surface area contributed by atoms with Gasteiger partial charge in [0, 0.05) is 37.4 Å². The average molecular weight is 386 g/mol. The number of rotatable bonds is 7. The predicted octanol–water partition coefficient (Wildman–Crippen LogP) is 4.27. The zero-order valence-electron chi connectivity index (χ0n) is 16.5. The maximum absolute atomic E-state index is 12.8. The van der Waals surface area contributed by atoms with E-state index in [1.807, 2.05) is 60.7 Å². The smallest absolute Gasteiger partial charge is 0.176 e. The third-order valence-electron chi connectivity index (χ3n) is 5.27. The number of ether oxygens (including phenoxy) is 1. The lowest BCUT2D eigenvalue weighted by Crippen LogP contribution is -2.48. The summed E-state index contributed by atoms with van der Waals surface area (Å²) in [5, 5.41) is 0. The number of carbonyl (C=O) groups excluding carboxylic acids is 1. The first-order valence-corrected chi connectivity index (χ1v) is 10.1. The summed E-state index contributed by atoms with van der Waals surface area (Å²) in [7, 11) is 0. The standard InChI is InChI=1S/C25H26N2O2/c28-25(19-26-14-16-27(17-15-26)23-11-5-2-6-12-23)22-10-7-13-24(18-22)29-20-21-8-3-1-4-9-21/h1-13,18H,14-17,19-20H2. The van der Waals surface area contributed by atoms with Crippen LogP contribution in [0.3, 0.4) is 0 Å². The number of Topliss-reactive ketones (excluding diaryl/α,β-unsaturated/α-hetero) is 1. The van der Waals surface area contributed by atoms with Crippen LogP contribution < -0.4 is 9.64 Å². The van der Waals surface area contributed by atoms with Gasteiger partial charge >= 0.3 is 0 Å². The summed E-state index contributed by atoms with van der Waals surface area (Å²) < 4.78 is 5.86. The first-order chi connectivity index (χ1) is 14.3. The van der Waals surface area contributed by atoms with Crippen LogP contribution in [0.2, 0.25) is 0 Å². The molecule has 1 saturated heterocycles. The molecule has 29 heavy (non-hydrogen) atoms. The van der Waals surface area contributed by atoms with E-state index in [2.05, 4.69) is 34.1 Å². The fraction of sp³-hybridized carbons (Fsp3) is 0.240. The van der Waals surface area contributed by atoms with Crippen molar-refractivity contribution in [2.24, 2.45) is 0 Å². The highest BCUT2D eigenvalue weighted by atomic mass is 16.5. The van der Waals surface area contributed by atoms with E-state index < -0.39 is 0 Å². The van der Waals surface area contributed by atoms with Crippen LogP contribution >= 0.6 is 0 Å². The molecule has 0 atom stereocenters. The summed E-state index contributed by atoms with van der Waals surface area (Å²) in [6.07, 6.45) is 0. The average Bonchev–Trinajstić information content (AvgIpc) is 2.80. The molecule has 1 aliphatic rings. The van der Waals surface area contributed by atoms with Crippen LogP contribution in [0.5, 0.6) is 5.75 Å². The van der Waals surface area contributed by atoms with Crippen molar-refractivity contribution in [3.05, 3.63) is 96.1 Å². The Labute approximate surface area is 172 Å². The topological polar surface area (TPSA) is 32.8 Å². The van der Waals surface area contributed by atoms with Crippen molar-refractivity contribution in [3.8, 4) is 5.75 Å². The van der Waals surface area contributed by atoms with Gasteiger partial charge in [0.25, 0.3) is 0 Å². The molecule has 0 unspecified atom stereocenters. The molecule has 0 N–H and O–H groups in total. The summed E-state index contributed by atoms with van der Waals surface area (Å²) in [5.74, 6) is 0.872. The van der Waals surface area contributed by atoms with E-state index in [-0.39, 0.29) is 5.78 Å². The van der Waals surface area contributed by atoms with Crippen LogP contribution in [0, 0.1) is 0 Å². The molecule has 0 aliphatic carbocycles. The third kappa shape index (κ3) is 5.24. The molecule has 0 spiro atoms. The van der Waals surface area contributed by atoms with E-state index in [9.17, 15) is 4.79 Å². The summed E-state index contributed by atoms with van der Waals surface area (Å²) >= 11 is 0. The zero-order chi connectivity index (χ0) is 19.9. The van der Waals surface area contributed by atoms with Gasteiger partial charge in [-0.25, -0.2) is 0 Å². The summed E-state index contributed by atoms with van der Waals surface area (Å²) in [6, 6.07) is 28.0. The van der Waals surface area contributed by atoms with E-state index >= 15 is 0 Å². The zero-order valence-corrected chi connectivity index (χ0v) is 16.5. The van der Waals surface area contributed by atoms with Gasteiger partial charge in [-0.05, 0) is 29.8 Å². The van der Waals surface area contributed by atoms with Gasteiger partial charge in [-0.3, -0.25) is 9.69 Å². The summed E-state index contributed by atoms with van der Waals surface area (Å²) in [5.41, 5.74) is 3.07. The monoisotopic (exact) mass is 386 g/mol. The van der Waals surface area contributed by atoms with Crippen LogP contribution in [-0.4, -0.2) is 43.4 Å². The Morgan fingerprint density at radius 1 is 0.793 bits per heavy atom. The van der Waals surface area contributed by atoms with Gasteiger partial charge < -0.3 is 9.64 Å². The molecule has 0 saturated carbocycles. The molecule has 4 nitrogen and oxygen atoms in total. The number of hydrogen-bond donors (Lipinski definition) is 0. The quantitative estimate of drug-likeness (QED) is 0.568. The van der Waals surface area contributed by atoms with Gasteiger partial charge in [-0.2, -0.15) is 0 Å². The van der Waals surface area contributed by atoms with Gasteiger partial charge in [-0.1, -0.05) is 60.7 Å². The number of piperazine rings is 1. The van der Waals surface area contributed by atoms with Crippen LogP contribution in [0.4, 0.5) is 5.69 Å². The maximum Gasteiger partial charge on any atom is 0.176 e. The van der Waals surface area contributed by atoms with Gasteiger partial charge in [-0.15, -0.1) is 0 Å². The third-order valence-corrected chi connectivity index (χ3v) is 5.27. The van der Waals surface area contributed by atoms with Crippen LogP contribution in [0.25, 0.3) is 0 Å². The Balaban J connectivity index is 1.30. The maximum atomic E-state index is 12.8. The minimum absolute atomic E-state index is 0.142. The molecule has 148 valence electrons. The van der Waals surface area contributed by atoms with Crippen LogP contribution in [0.15, 0.2) is 84.9 Å². The second kappa shape index (κ2) is 9.39. The van der Waals surface area contributed by atoms with Crippen molar-refractivity contribution in [1.29, 1.82) is 0 Å². The molecule has 3 aromatic rings. The molecular weight excluding hydrogens is 360 g/mol. The van der Waals surface area contributed by atoms with E-state index in [0.29, 0.717) is 18.7 Å². The molecule has 1 heterocycles. The minimum Gasteiger partial charge on any atom is -0.489 e. The van der Waals surface area contributed by atoms with Gasteiger partial charge in [0.2, 0.25) is 0 Å². The normalized spacial score (nSPS) is 14.6. The number of anilines is 1. The lowest BCUT2D eigenvalue weighted by Gasteiger charge is -2.35. The lowest BCUT2D eigenvalue weighted by atomic mass is 10.1. The molecule has 1 fully saturated rings. The van der Waals surface area contributed by atoms with E-state index in [0.717, 1.165) is 37.5 Å². The summed E-state index contributed by atoms with van der Waals surface area (Å²) in [6.45, 7) is 4.62. The largest absolute Gasteiger partial charge is 0.489 e. The Hall–Kier alpha value is -3.11. The SMILES string of the molecule is O=C(CN1CCN(c2ccccc2)CC1)c1cccc(OCc2ccccc2)c1. The van der Waals surface area contributed by atoms with Crippen LogP contribution in [-0.2, 0) is 6.61 Å². The minimum atomic E-state index is 0.142. The fourth-order valence-electron chi connectivity index (χ4n) is 3.60. The molecule has 1 aliphatic heterocycles. The second-order valence-electron chi connectivity index (χ2n) is 7.32. The number of para-hydroxylation sites is 1. The van der Waals surface area contributed by atoms with Crippen molar-refractivity contribution in [2.45, 2.75) is 6.61 Å². The first-order valence-electron chi connectivity index (χ1n) is 10.1. The lowest BCUT2D eigenvalue weighted by molar-refractivity contribution is 0.0926. The number of nitrogens with zero attached hydrogens (tertiary/aromatic N) is 2. The first kappa shape index (κ1) is 19.2. The molecule has 0 radical (unpaired) electrons. The van der Waals surface area contributed by atoms with Crippen molar-refractivity contribution in [1.82, 2.24) is 4.90 Å². The summed E-state index contributed by atoms with van der Waals surface area (Å²) in [4.78, 5) is 17.4. The molecule has 4 heteroatoms. The highest BCUT2D eigenvalue weighted by Gasteiger charge is 2.20. The van der Waals surface area contributed by atoms with Gasteiger partial charge in [0.1, 0.15) is 12.4 Å².